The Morgan fingerprint density at radius 2 is 1.89 bits per heavy atom. The SMILES string of the molecule is CN=C(NCC(=O)Nc1ccc(F)c(F)c1F)NCc1nc(C)c(C)o1.I. The van der Waals surface area contributed by atoms with E-state index in [4.69, 9.17) is 4.42 Å². The molecule has 1 aromatic carbocycles. The normalized spacial score (nSPS) is 11.0. The van der Waals surface area contributed by atoms with Crippen LogP contribution < -0.4 is 16.0 Å². The molecule has 0 aliphatic carbocycles. The molecular weight excluding hydrogens is 478 g/mol. The van der Waals surface area contributed by atoms with E-state index in [2.05, 4.69) is 25.9 Å². The van der Waals surface area contributed by atoms with Gasteiger partial charge in [0.05, 0.1) is 24.5 Å². The smallest absolute Gasteiger partial charge is 0.243 e. The Bertz CT molecular complexity index is 822. The standard InChI is InChI=1S/C16H18F3N5O2.HI/c1-8-9(2)26-13(23-8)7-22-16(20-3)21-6-12(25)24-11-5-4-10(17)14(18)15(11)19;/h4-5H,6-7H2,1-3H3,(H,24,25)(H2,20,21,22);1H. The zero-order valence-corrected chi connectivity index (χ0v) is 17.2. The van der Waals surface area contributed by atoms with Gasteiger partial charge >= 0.3 is 0 Å². The van der Waals surface area contributed by atoms with E-state index in [-0.39, 0.29) is 43.0 Å². The number of amides is 1. The Balaban J connectivity index is 0.00000364. The highest BCUT2D eigenvalue weighted by Gasteiger charge is 2.15. The molecular formula is C16H19F3IN5O2. The summed E-state index contributed by atoms with van der Waals surface area (Å²) in [6, 6.07) is 1.66. The van der Waals surface area contributed by atoms with Crippen LogP contribution in [0.15, 0.2) is 21.5 Å². The highest BCUT2D eigenvalue weighted by Crippen LogP contribution is 2.19. The number of guanidine groups is 1. The van der Waals surface area contributed by atoms with Crippen LogP contribution in [-0.2, 0) is 11.3 Å². The van der Waals surface area contributed by atoms with E-state index in [9.17, 15) is 18.0 Å². The number of hydrogen-bond acceptors (Lipinski definition) is 4. The van der Waals surface area contributed by atoms with Gasteiger partial charge in [0.2, 0.25) is 11.8 Å². The minimum Gasteiger partial charge on any atom is -0.444 e. The van der Waals surface area contributed by atoms with E-state index < -0.39 is 29.0 Å². The van der Waals surface area contributed by atoms with Crippen molar-refractivity contribution in [3.8, 4) is 0 Å². The van der Waals surface area contributed by atoms with Gasteiger partial charge in [-0.15, -0.1) is 24.0 Å². The molecule has 0 saturated heterocycles. The van der Waals surface area contributed by atoms with Crippen LogP contribution in [-0.4, -0.2) is 30.4 Å². The van der Waals surface area contributed by atoms with Gasteiger partial charge in [0.1, 0.15) is 5.76 Å². The summed E-state index contributed by atoms with van der Waals surface area (Å²) in [7, 11) is 1.49. The fourth-order valence-corrected chi connectivity index (χ4v) is 1.98. The molecule has 0 saturated carbocycles. The van der Waals surface area contributed by atoms with Crippen LogP contribution in [0.25, 0.3) is 0 Å². The number of oxazole rings is 1. The zero-order valence-electron chi connectivity index (χ0n) is 14.8. The van der Waals surface area contributed by atoms with Crippen molar-refractivity contribution in [1.82, 2.24) is 15.6 Å². The van der Waals surface area contributed by atoms with Crippen LogP contribution in [0.4, 0.5) is 18.9 Å². The number of benzene rings is 1. The first kappa shape index (κ1) is 22.7. The molecule has 1 heterocycles. The average molecular weight is 497 g/mol. The summed E-state index contributed by atoms with van der Waals surface area (Å²) in [6.07, 6.45) is 0. The monoisotopic (exact) mass is 497 g/mol. The van der Waals surface area contributed by atoms with Crippen molar-refractivity contribution >= 4 is 41.5 Å². The van der Waals surface area contributed by atoms with Crippen LogP contribution in [0.3, 0.4) is 0 Å². The minimum absolute atomic E-state index is 0. The summed E-state index contributed by atoms with van der Waals surface area (Å²) >= 11 is 0. The first-order chi connectivity index (χ1) is 12.3. The van der Waals surface area contributed by atoms with Crippen LogP contribution >= 0.6 is 24.0 Å². The Labute approximate surface area is 170 Å². The Kier molecular flexibility index (Phi) is 8.53. The van der Waals surface area contributed by atoms with Crippen molar-refractivity contribution in [1.29, 1.82) is 0 Å². The molecule has 7 nitrogen and oxygen atoms in total. The van der Waals surface area contributed by atoms with Gasteiger partial charge in [-0.3, -0.25) is 9.79 Å². The van der Waals surface area contributed by atoms with Crippen molar-refractivity contribution in [3.63, 3.8) is 0 Å². The lowest BCUT2D eigenvalue weighted by Gasteiger charge is -2.11. The molecule has 27 heavy (non-hydrogen) atoms. The van der Waals surface area contributed by atoms with Gasteiger partial charge in [0.15, 0.2) is 23.4 Å². The number of nitrogens with one attached hydrogen (secondary N) is 3. The number of aliphatic imine (C=N–C) groups is 1. The molecule has 0 fully saturated rings. The Morgan fingerprint density at radius 3 is 2.48 bits per heavy atom. The molecule has 0 spiro atoms. The highest BCUT2D eigenvalue weighted by molar-refractivity contribution is 14.0. The summed E-state index contributed by atoms with van der Waals surface area (Å²) in [5.41, 5.74) is 0.321. The lowest BCUT2D eigenvalue weighted by molar-refractivity contribution is -0.115. The molecule has 2 rings (SSSR count). The fraction of sp³-hybridized carbons (Fsp3) is 0.312. The third kappa shape index (κ3) is 6.12. The van der Waals surface area contributed by atoms with E-state index in [1.165, 1.54) is 7.05 Å². The van der Waals surface area contributed by atoms with E-state index >= 15 is 0 Å². The quantitative estimate of drug-likeness (QED) is 0.256. The highest BCUT2D eigenvalue weighted by atomic mass is 127. The summed E-state index contributed by atoms with van der Waals surface area (Å²) in [4.78, 5) is 19.9. The van der Waals surface area contributed by atoms with Gasteiger partial charge in [-0.2, -0.15) is 0 Å². The molecule has 1 aromatic heterocycles. The van der Waals surface area contributed by atoms with Crippen LogP contribution in [0.2, 0.25) is 0 Å². The third-order valence-corrected chi connectivity index (χ3v) is 3.43. The number of anilines is 1. The number of hydrogen-bond donors (Lipinski definition) is 3. The summed E-state index contributed by atoms with van der Waals surface area (Å²) in [5.74, 6) is -3.67. The molecule has 0 atom stereocenters. The molecule has 2 aromatic rings. The van der Waals surface area contributed by atoms with Crippen molar-refractivity contribution < 1.29 is 22.4 Å². The lowest BCUT2D eigenvalue weighted by Crippen LogP contribution is -2.41. The van der Waals surface area contributed by atoms with Gasteiger partial charge in [-0.05, 0) is 26.0 Å². The van der Waals surface area contributed by atoms with Crippen LogP contribution in [0, 0.1) is 31.3 Å². The van der Waals surface area contributed by atoms with Gasteiger partial charge in [-0.1, -0.05) is 0 Å². The predicted molar refractivity (Wildman–Crippen MR) is 105 cm³/mol. The first-order valence-electron chi connectivity index (χ1n) is 7.62. The van der Waals surface area contributed by atoms with Crippen molar-refractivity contribution in [2.45, 2.75) is 20.4 Å². The minimum atomic E-state index is -1.65. The largest absolute Gasteiger partial charge is 0.444 e. The maximum Gasteiger partial charge on any atom is 0.243 e. The summed E-state index contributed by atoms with van der Waals surface area (Å²) in [5, 5.41) is 7.73. The van der Waals surface area contributed by atoms with Crippen LogP contribution in [0.5, 0.6) is 0 Å². The molecule has 0 aliphatic rings. The number of aromatic nitrogens is 1. The molecule has 0 radical (unpaired) electrons. The lowest BCUT2D eigenvalue weighted by atomic mass is 10.2. The van der Waals surface area contributed by atoms with Crippen molar-refractivity contribution in [2.24, 2.45) is 4.99 Å². The van der Waals surface area contributed by atoms with Crippen LogP contribution in [0.1, 0.15) is 17.3 Å². The third-order valence-electron chi connectivity index (χ3n) is 3.43. The fourth-order valence-electron chi connectivity index (χ4n) is 1.98. The van der Waals surface area contributed by atoms with Gasteiger partial charge in [0.25, 0.3) is 0 Å². The van der Waals surface area contributed by atoms with E-state index in [0.29, 0.717) is 11.7 Å². The molecule has 148 valence electrons. The molecule has 0 bridgehead atoms. The Morgan fingerprint density at radius 1 is 1.19 bits per heavy atom. The van der Waals surface area contributed by atoms with E-state index in [1.54, 1.807) is 6.92 Å². The Hall–Kier alpha value is -2.31. The average Bonchev–Trinajstić information content (AvgIpc) is 2.93. The second-order valence-corrected chi connectivity index (χ2v) is 5.30. The number of carbonyl (C=O) groups is 1. The van der Waals surface area contributed by atoms with E-state index in [1.807, 2.05) is 6.92 Å². The number of carbonyl (C=O) groups excluding carboxylic acids is 1. The van der Waals surface area contributed by atoms with Gasteiger partial charge < -0.3 is 20.4 Å². The molecule has 0 aliphatic heterocycles. The first-order valence-corrected chi connectivity index (χ1v) is 7.62. The number of nitrogens with zero attached hydrogens (tertiary/aromatic N) is 2. The molecule has 11 heteroatoms. The van der Waals surface area contributed by atoms with Gasteiger partial charge in [0, 0.05) is 7.05 Å². The molecule has 0 unspecified atom stereocenters. The number of rotatable bonds is 5. The predicted octanol–water partition coefficient (Wildman–Crippen LogP) is 2.63. The maximum absolute atomic E-state index is 13.5. The van der Waals surface area contributed by atoms with Gasteiger partial charge in [-0.25, -0.2) is 18.2 Å². The molecule has 3 N–H and O–H groups in total. The second-order valence-electron chi connectivity index (χ2n) is 5.30. The van der Waals surface area contributed by atoms with E-state index in [0.717, 1.165) is 17.8 Å². The molecule has 1 amide bonds. The zero-order chi connectivity index (χ0) is 19.3. The number of halogens is 4. The number of aryl methyl sites for hydroxylation is 2. The van der Waals surface area contributed by atoms with Crippen molar-refractivity contribution in [3.05, 3.63) is 46.9 Å². The second kappa shape index (κ2) is 10.1. The summed E-state index contributed by atoms with van der Waals surface area (Å²) < 4.78 is 44.9. The summed E-state index contributed by atoms with van der Waals surface area (Å²) in [6.45, 7) is 3.58. The topological polar surface area (TPSA) is 91.5 Å². The maximum atomic E-state index is 13.5. The van der Waals surface area contributed by atoms with Crippen molar-refractivity contribution in [2.75, 3.05) is 18.9 Å².